The first-order chi connectivity index (χ1) is 12.0. The van der Waals surface area contributed by atoms with E-state index < -0.39 is 0 Å². The number of halogens is 2. The number of anilines is 1. The van der Waals surface area contributed by atoms with Crippen LogP contribution in [0.5, 0.6) is 0 Å². The number of carbonyl (C=O) groups excluding carboxylic acids is 1. The molecule has 0 aliphatic carbocycles. The minimum atomic E-state index is -0.229. The second kappa shape index (κ2) is 7.38. The summed E-state index contributed by atoms with van der Waals surface area (Å²) in [4.78, 5) is 12.1. The molecule has 0 bridgehead atoms. The molecule has 0 aliphatic heterocycles. The second-order valence-corrected chi connectivity index (χ2v) is 6.79. The maximum Gasteiger partial charge on any atom is 0.234 e. The minimum Gasteiger partial charge on any atom is -0.469 e. The molecule has 0 aliphatic rings. The Labute approximate surface area is 157 Å². The fraction of sp³-hybridized carbons (Fsp3) is 0.133. The Bertz CT molecular complexity index is 925. The van der Waals surface area contributed by atoms with Crippen LogP contribution in [0, 0.1) is 6.92 Å². The molecule has 3 N–H and O–H groups in total. The van der Waals surface area contributed by atoms with E-state index in [9.17, 15) is 4.79 Å². The Morgan fingerprint density at radius 1 is 1.32 bits per heavy atom. The van der Waals surface area contributed by atoms with Crippen molar-refractivity contribution in [3.8, 4) is 11.4 Å². The van der Waals surface area contributed by atoms with Gasteiger partial charge in [-0.05, 0) is 31.2 Å². The molecule has 0 spiro atoms. The number of nitrogens with two attached hydrogens (primary N) is 1. The number of aromatic nitrogens is 3. The van der Waals surface area contributed by atoms with Gasteiger partial charge in [-0.15, -0.1) is 10.2 Å². The minimum absolute atomic E-state index is 0.111. The van der Waals surface area contributed by atoms with Gasteiger partial charge in [0, 0.05) is 5.69 Å². The summed E-state index contributed by atoms with van der Waals surface area (Å²) < 4.78 is 6.57. The van der Waals surface area contributed by atoms with Crippen LogP contribution in [0.15, 0.2) is 40.1 Å². The number of hydrogen-bond acceptors (Lipinski definition) is 6. The lowest BCUT2D eigenvalue weighted by atomic mass is 10.2. The van der Waals surface area contributed by atoms with E-state index in [0.717, 1.165) is 5.56 Å². The van der Waals surface area contributed by atoms with E-state index in [4.69, 9.17) is 33.5 Å². The molecule has 2 aromatic heterocycles. The van der Waals surface area contributed by atoms with E-state index in [1.807, 2.05) is 6.92 Å². The van der Waals surface area contributed by atoms with E-state index in [2.05, 4.69) is 15.5 Å². The summed E-state index contributed by atoms with van der Waals surface area (Å²) in [7, 11) is 0. The third-order valence-corrected chi connectivity index (χ3v) is 4.98. The van der Waals surface area contributed by atoms with Crippen LogP contribution < -0.4 is 11.2 Å². The number of thioether (sulfide) groups is 1. The second-order valence-electron chi connectivity index (χ2n) is 5.03. The summed E-state index contributed by atoms with van der Waals surface area (Å²) in [5.74, 6) is 7.04. The molecule has 3 rings (SSSR count). The SMILES string of the molecule is Cc1occc1-c1nnc(SCC(=O)Nc2ccc(Cl)c(Cl)c2)n1N. The maximum atomic E-state index is 12.1. The van der Waals surface area contributed by atoms with Gasteiger partial charge in [0.25, 0.3) is 0 Å². The molecule has 25 heavy (non-hydrogen) atoms. The standard InChI is InChI=1S/C15H13Cl2N5O2S/c1-8-10(4-5-24-8)14-20-21-15(22(14)18)25-7-13(23)19-9-2-3-11(16)12(17)6-9/h2-6H,7,18H2,1H3,(H,19,23). The summed E-state index contributed by atoms with van der Waals surface area (Å²) in [6.07, 6.45) is 1.55. The average Bonchev–Trinajstić information content (AvgIpc) is 3.14. The molecule has 2 heterocycles. The van der Waals surface area contributed by atoms with Crippen LogP contribution in [0.3, 0.4) is 0 Å². The van der Waals surface area contributed by atoms with E-state index in [1.165, 1.54) is 16.4 Å². The Balaban J connectivity index is 1.64. The number of hydrogen-bond donors (Lipinski definition) is 2. The van der Waals surface area contributed by atoms with Crippen LogP contribution in [0.2, 0.25) is 10.0 Å². The number of benzene rings is 1. The van der Waals surface area contributed by atoms with Crippen molar-refractivity contribution < 1.29 is 9.21 Å². The van der Waals surface area contributed by atoms with Gasteiger partial charge in [-0.3, -0.25) is 4.79 Å². The van der Waals surface area contributed by atoms with E-state index >= 15 is 0 Å². The van der Waals surface area contributed by atoms with Gasteiger partial charge in [0.1, 0.15) is 5.76 Å². The molecule has 0 saturated carbocycles. The first-order valence-electron chi connectivity index (χ1n) is 7.08. The summed E-state index contributed by atoms with van der Waals surface area (Å²) in [5.41, 5.74) is 1.31. The highest BCUT2D eigenvalue weighted by molar-refractivity contribution is 7.99. The van der Waals surface area contributed by atoms with Gasteiger partial charge < -0.3 is 15.6 Å². The molecule has 7 nitrogen and oxygen atoms in total. The first-order valence-corrected chi connectivity index (χ1v) is 8.82. The lowest BCUT2D eigenvalue weighted by Gasteiger charge is -2.06. The first kappa shape index (κ1) is 17.7. The summed E-state index contributed by atoms with van der Waals surface area (Å²) >= 11 is 12.9. The van der Waals surface area contributed by atoms with E-state index in [-0.39, 0.29) is 11.7 Å². The normalized spacial score (nSPS) is 10.8. The zero-order chi connectivity index (χ0) is 18.0. The van der Waals surface area contributed by atoms with Gasteiger partial charge in [-0.2, -0.15) is 0 Å². The van der Waals surface area contributed by atoms with Crippen molar-refractivity contribution in [2.75, 3.05) is 16.9 Å². The molecule has 0 unspecified atom stereocenters. The average molecular weight is 398 g/mol. The van der Waals surface area contributed by atoms with Crippen molar-refractivity contribution >= 4 is 46.6 Å². The Morgan fingerprint density at radius 3 is 2.80 bits per heavy atom. The van der Waals surface area contributed by atoms with Gasteiger partial charge >= 0.3 is 0 Å². The van der Waals surface area contributed by atoms with Crippen LogP contribution in [0.25, 0.3) is 11.4 Å². The number of amides is 1. The molecular weight excluding hydrogens is 385 g/mol. The van der Waals surface area contributed by atoms with Crippen LogP contribution in [-0.4, -0.2) is 26.5 Å². The number of carbonyl (C=O) groups is 1. The molecule has 10 heteroatoms. The summed E-state index contributed by atoms with van der Waals surface area (Å²) in [6, 6.07) is 6.62. The number of furan rings is 1. The summed E-state index contributed by atoms with van der Waals surface area (Å²) in [5, 5.41) is 12.0. The number of nitrogens with one attached hydrogen (secondary N) is 1. The predicted octanol–water partition coefficient (Wildman–Crippen LogP) is 3.60. The van der Waals surface area contributed by atoms with Crippen molar-refractivity contribution in [1.29, 1.82) is 0 Å². The molecule has 1 aromatic carbocycles. The maximum absolute atomic E-state index is 12.1. The number of nitrogens with zero attached hydrogens (tertiary/aromatic N) is 3. The van der Waals surface area contributed by atoms with Crippen molar-refractivity contribution in [2.45, 2.75) is 12.1 Å². The third-order valence-electron chi connectivity index (χ3n) is 3.30. The van der Waals surface area contributed by atoms with Crippen LogP contribution in [0.4, 0.5) is 5.69 Å². The Hall–Kier alpha value is -2.16. The Kier molecular flexibility index (Phi) is 5.22. The Morgan fingerprint density at radius 2 is 2.12 bits per heavy atom. The monoisotopic (exact) mass is 397 g/mol. The van der Waals surface area contributed by atoms with Crippen LogP contribution in [-0.2, 0) is 4.79 Å². The molecule has 1 amide bonds. The molecular formula is C15H13Cl2N5O2S. The number of aryl methyl sites for hydroxylation is 1. The highest BCUT2D eigenvalue weighted by Gasteiger charge is 2.16. The molecule has 130 valence electrons. The van der Waals surface area contributed by atoms with E-state index in [0.29, 0.717) is 32.5 Å². The fourth-order valence-electron chi connectivity index (χ4n) is 2.08. The zero-order valence-corrected chi connectivity index (χ0v) is 15.3. The third kappa shape index (κ3) is 3.92. The van der Waals surface area contributed by atoms with Gasteiger partial charge in [-0.25, -0.2) is 4.68 Å². The summed E-state index contributed by atoms with van der Waals surface area (Å²) in [6.45, 7) is 1.81. The molecule has 0 saturated heterocycles. The van der Waals surface area contributed by atoms with Gasteiger partial charge in [-0.1, -0.05) is 35.0 Å². The van der Waals surface area contributed by atoms with Crippen LogP contribution in [0.1, 0.15) is 5.76 Å². The smallest absolute Gasteiger partial charge is 0.234 e. The molecule has 0 atom stereocenters. The van der Waals surface area contributed by atoms with Gasteiger partial charge in [0.05, 0.1) is 27.6 Å². The highest BCUT2D eigenvalue weighted by Crippen LogP contribution is 2.26. The number of nitrogen functional groups attached to an aromatic ring is 1. The zero-order valence-electron chi connectivity index (χ0n) is 13.0. The predicted molar refractivity (Wildman–Crippen MR) is 98.4 cm³/mol. The molecule has 0 fully saturated rings. The fourth-order valence-corrected chi connectivity index (χ4v) is 3.03. The molecule has 0 radical (unpaired) electrons. The van der Waals surface area contributed by atoms with Crippen molar-refractivity contribution in [3.63, 3.8) is 0 Å². The van der Waals surface area contributed by atoms with Gasteiger partial charge in [0.15, 0.2) is 5.82 Å². The van der Waals surface area contributed by atoms with Gasteiger partial charge in [0.2, 0.25) is 11.1 Å². The van der Waals surface area contributed by atoms with Crippen molar-refractivity contribution in [1.82, 2.24) is 14.9 Å². The number of rotatable bonds is 5. The van der Waals surface area contributed by atoms with Crippen LogP contribution >= 0.6 is 35.0 Å². The lowest BCUT2D eigenvalue weighted by Crippen LogP contribution is -2.16. The highest BCUT2D eigenvalue weighted by atomic mass is 35.5. The molecule has 3 aromatic rings. The largest absolute Gasteiger partial charge is 0.469 e. The van der Waals surface area contributed by atoms with E-state index in [1.54, 1.807) is 30.5 Å². The topological polar surface area (TPSA) is 99.0 Å². The lowest BCUT2D eigenvalue weighted by molar-refractivity contribution is -0.113. The van der Waals surface area contributed by atoms with Crippen molar-refractivity contribution in [2.24, 2.45) is 0 Å². The van der Waals surface area contributed by atoms with Crippen molar-refractivity contribution in [3.05, 3.63) is 46.3 Å². The quantitative estimate of drug-likeness (QED) is 0.503.